The Balaban J connectivity index is 1.53. The molecule has 2 aromatic carbocycles. The van der Waals surface area contributed by atoms with Crippen molar-refractivity contribution in [2.75, 3.05) is 5.75 Å². The first-order valence-corrected chi connectivity index (χ1v) is 12.8. The quantitative estimate of drug-likeness (QED) is 0.210. The second-order valence-electron chi connectivity index (χ2n) is 8.46. The molecular formula is C26H19N7O7S. The Bertz CT molecular complexity index is 1710. The summed E-state index contributed by atoms with van der Waals surface area (Å²) in [5.41, 5.74) is 1.64. The normalized spacial score (nSPS) is 11.0. The number of nitrogens with zero attached hydrogens (tertiary/aromatic N) is 7. The van der Waals surface area contributed by atoms with Gasteiger partial charge in [-0.25, -0.2) is 23.9 Å². The summed E-state index contributed by atoms with van der Waals surface area (Å²) in [7, 11) is 0. The molecule has 0 atom stereocenters. The number of benzene rings is 2. The molecule has 0 radical (unpaired) electrons. The molecule has 4 N–H and O–H groups in total. The van der Waals surface area contributed by atoms with E-state index in [1.54, 1.807) is 12.1 Å². The number of aromatic nitrogens is 7. The minimum absolute atomic E-state index is 0.208. The van der Waals surface area contributed by atoms with Gasteiger partial charge in [0, 0.05) is 17.7 Å². The van der Waals surface area contributed by atoms with Crippen molar-refractivity contribution in [3.63, 3.8) is 0 Å². The number of rotatable bonds is 8. The Hall–Kier alpha value is -5.57. The number of thioether (sulfide) groups is 1. The number of carbonyl (C=O) groups is 3. The summed E-state index contributed by atoms with van der Waals surface area (Å²) in [4.78, 5) is 39.8. The van der Waals surface area contributed by atoms with Crippen LogP contribution >= 0.6 is 11.8 Å². The predicted molar refractivity (Wildman–Crippen MR) is 145 cm³/mol. The third kappa shape index (κ3) is 5.46. The third-order valence-electron chi connectivity index (χ3n) is 5.80. The highest BCUT2D eigenvalue weighted by molar-refractivity contribution is 8.14. The Morgan fingerprint density at radius 2 is 1.20 bits per heavy atom. The van der Waals surface area contributed by atoms with Crippen LogP contribution in [-0.4, -0.2) is 78.2 Å². The summed E-state index contributed by atoms with van der Waals surface area (Å²) in [6.07, 6.45) is 3.01. The molecule has 5 rings (SSSR count). The van der Waals surface area contributed by atoms with E-state index in [2.05, 4.69) is 25.6 Å². The lowest BCUT2D eigenvalue weighted by Crippen LogP contribution is -2.00. The molecule has 0 fully saturated rings. The molecule has 3 heterocycles. The van der Waals surface area contributed by atoms with Crippen molar-refractivity contribution in [1.82, 2.24) is 35.0 Å². The van der Waals surface area contributed by atoms with Crippen LogP contribution in [-0.2, 0) is 0 Å². The van der Waals surface area contributed by atoms with Crippen LogP contribution in [0, 0.1) is 0 Å². The number of carboxylic acid groups (broad SMARTS) is 2. The van der Waals surface area contributed by atoms with E-state index in [0.717, 1.165) is 11.8 Å². The molecule has 0 aliphatic rings. The van der Waals surface area contributed by atoms with Gasteiger partial charge in [0.1, 0.15) is 34.0 Å². The zero-order valence-electron chi connectivity index (χ0n) is 21.0. The van der Waals surface area contributed by atoms with Crippen molar-refractivity contribution in [3.8, 4) is 45.6 Å². The van der Waals surface area contributed by atoms with Crippen molar-refractivity contribution < 1.29 is 34.8 Å². The van der Waals surface area contributed by atoms with Crippen molar-refractivity contribution in [2.45, 2.75) is 6.92 Å². The highest BCUT2D eigenvalue weighted by Crippen LogP contribution is 2.28. The Morgan fingerprint density at radius 1 is 0.732 bits per heavy atom. The number of pyridine rings is 1. The fourth-order valence-corrected chi connectivity index (χ4v) is 4.37. The molecule has 0 saturated heterocycles. The van der Waals surface area contributed by atoms with Crippen LogP contribution < -0.4 is 0 Å². The van der Waals surface area contributed by atoms with Crippen LogP contribution in [0.25, 0.3) is 34.2 Å². The van der Waals surface area contributed by atoms with Gasteiger partial charge in [-0.15, -0.1) is 10.2 Å². The summed E-state index contributed by atoms with van der Waals surface area (Å²) in [5.74, 6) is -2.88. The number of hydrogen-bond donors (Lipinski definition) is 4. The van der Waals surface area contributed by atoms with Crippen molar-refractivity contribution >= 4 is 28.8 Å². The molecule has 0 spiro atoms. The van der Waals surface area contributed by atoms with Gasteiger partial charge in [-0.2, -0.15) is 0 Å². The van der Waals surface area contributed by atoms with Crippen LogP contribution in [0.4, 0.5) is 0 Å². The lowest BCUT2D eigenvalue weighted by Gasteiger charge is -2.06. The molecule has 0 unspecified atom stereocenters. The summed E-state index contributed by atoms with van der Waals surface area (Å²) >= 11 is 1.11. The topological polar surface area (TPSA) is 206 Å². The maximum atomic E-state index is 12.8. The van der Waals surface area contributed by atoms with Crippen LogP contribution in [0.5, 0.6) is 11.5 Å². The minimum atomic E-state index is -1.28. The highest BCUT2D eigenvalue weighted by Gasteiger charge is 2.18. The number of aromatic hydroxyl groups is 2. The second kappa shape index (κ2) is 10.9. The Labute approximate surface area is 234 Å². The first-order chi connectivity index (χ1) is 19.6. The fourth-order valence-electron chi connectivity index (χ4n) is 3.83. The van der Waals surface area contributed by atoms with Gasteiger partial charge in [0.05, 0.1) is 35.2 Å². The van der Waals surface area contributed by atoms with Gasteiger partial charge < -0.3 is 20.4 Å². The number of phenols is 2. The SMILES string of the molecule is CCSC(=O)c1cc(-c2cn(-c3ccc(C(=O)O)c(O)c3)nn2)nc(-c2cn(-c3ccc(C(=O)O)c(O)c3)nn2)c1. The molecule has 14 nitrogen and oxygen atoms in total. The number of aromatic carboxylic acids is 2. The molecule has 41 heavy (non-hydrogen) atoms. The summed E-state index contributed by atoms with van der Waals surface area (Å²) in [6.45, 7) is 1.85. The summed E-state index contributed by atoms with van der Waals surface area (Å²) in [5, 5.41) is 54.5. The molecule has 3 aromatic heterocycles. The maximum absolute atomic E-state index is 12.8. The predicted octanol–water partition coefficient (Wildman–Crippen LogP) is 3.28. The molecule has 5 aromatic rings. The average Bonchev–Trinajstić information content (AvgIpc) is 3.63. The lowest BCUT2D eigenvalue weighted by atomic mass is 10.1. The third-order valence-corrected chi connectivity index (χ3v) is 6.59. The fraction of sp³-hybridized carbons (Fsp3) is 0.0769. The van der Waals surface area contributed by atoms with E-state index in [1.807, 2.05) is 6.92 Å². The Morgan fingerprint density at radius 3 is 1.59 bits per heavy atom. The van der Waals surface area contributed by atoms with Gasteiger partial charge in [0.25, 0.3) is 0 Å². The van der Waals surface area contributed by atoms with Gasteiger partial charge >= 0.3 is 11.9 Å². The number of carbonyl (C=O) groups excluding carboxylic acids is 1. The van der Waals surface area contributed by atoms with E-state index in [0.29, 0.717) is 22.7 Å². The van der Waals surface area contributed by atoms with E-state index >= 15 is 0 Å². The van der Waals surface area contributed by atoms with E-state index in [-0.39, 0.29) is 39.0 Å². The van der Waals surface area contributed by atoms with E-state index < -0.39 is 23.4 Å². The first-order valence-electron chi connectivity index (χ1n) is 11.8. The van der Waals surface area contributed by atoms with Crippen molar-refractivity contribution in [1.29, 1.82) is 0 Å². The van der Waals surface area contributed by atoms with E-state index in [9.17, 15) is 24.6 Å². The van der Waals surface area contributed by atoms with Crippen LogP contribution in [0.1, 0.15) is 38.0 Å². The molecule has 0 aliphatic carbocycles. The lowest BCUT2D eigenvalue weighted by molar-refractivity contribution is 0.0682. The van der Waals surface area contributed by atoms with Crippen LogP contribution in [0.3, 0.4) is 0 Å². The molecule has 0 aliphatic heterocycles. The second-order valence-corrected chi connectivity index (χ2v) is 9.69. The molecule has 0 saturated carbocycles. The first kappa shape index (κ1) is 27.0. The van der Waals surface area contributed by atoms with Crippen molar-refractivity contribution in [3.05, 3.63) is 77.6 Å². The summed E-state index contributed by atoms with van der Waals surface area (Å²) in [6, 6.07) is 11.0. The average molecular weight is 574 g/mol. The highest BCUT2D eigenvalue weighted by atomic mass is 32.2. The standard InChI is InChI=1S/C26H19N7O7S/c1-2-41-26(40)13-7-18(20-11-32(30-28-20)14-3-5-16(24(36)37)22(34)9-14)27-19(8-13)21-12-33(31-29-21)15-4-6-17(25(38)39)23(35)10-15/h3-12,34-35H,2H2,1H3,(H,36,37)(H,38,39). The van der Waals surface area contributed by atoms with Crippen molar-refractivity contribution in [2.24, 2.45) is 0 Å². The van der Waals surface area contributed by atoms with Gasteiger partial charge in [0.15, 0.2) is 0 Å². The van der Waals surface area contributed by atoms with Crippen LogP contribution in [0.2, 0.25) is 0 Å². The number of carboxylic acids is 2. The Kier molecular flexibility index (Phi) is 7.18. The molecule has 0 amide bonds. The monoisotopic (exact) mass is 573 g/mol. The zero-order valence-corrected chi connectivity index (χ0v) is 21.8. The molecule has 206 valence electrons. The van der Waals surface area contributed by atoms with E-state index in [1.165, 1.54) is 58.2 Å². The smallest absolute Gasteiger partial charge is 0.339 e. The number of hydrogen-bond acceptors (Lipinski definition) is 11. The van der Waals surface area contributed by atoms with Gasteiger partial charge in [0.2, 0.25) is 5.12 Å². The van der Waals surface area contributed by atoms with E-state index in [4.69, 9.17) is 10.2 Å². The van der Waals surface area contributed by atoms with Gasteiger partial charge in [-0.05, 0) is 42.2 Å². The maximum Gasteiger partial charge on any atom is 0.339 e. The van der Waals surface area contributed by atoms with Crippen LogP contribution in [0.15, 0.2) is 60.9 Å². The van der Waals surface area contributed by atoms with Gasteiger partial charge in [-0.1, -0.05) is 29.1 Å². The summed E-state index contributed by atoms with van der Waals surface area (Å²) < 4.78 is 2.64. The van der Waals surface area contributed by atoms with Gasteiger partial charge in [-0.3, -0.25) is 4.79 Å². The molecule has 15 heteroatoms. The zero-order chi connectivity index (χ0) is 29.3. The molecular weight excluding hydrogens is 554 g/mol. The largest absolute Gasteiger partial charge is 0.507 e. The minimum Gasteiger partial charge on any atom is -0.507 e. The molecule has 0 bridgehead atoms.